The van der Waals surface area contributed by atoms with Gasteiger partial charge in [0.1, 0.15) is 12.2 Å². The average Bonchev–Trinajstić information content (AvgIpc) is 2.88. The van der Waals surface area contributed by atoms with Crippen molar-refractivity contribution in [2.45, 2.75) is 11.8 Å². The van der Waals surface area contributed by atoms with Crippen molar-refractivity contribution in [3.63, 3.8) is 0 Å². The predicted octanol–water partition coefficient (Wildman–Crippen LogP) is 0.129. The van der Waals surface area contributed by atoms with Crippen molar-refractivity contribution in [3.05, 3.63) is 40.9 Å². The Morgan fingerprint density at radius 3 is 2.58 bits per heavy atom. The molecule has 2 atom stereocenters. The predicted molar refractivity (Wildman–Crippen MR) is 90.4 cm³/mol. The van der Waals surface area contributed by atoms with Gasteiger partial charge in [0.05, 0.1) is 42.0 Å². The highest BCUT2D eigenvalue weighted by Crippen LogP contribution is 2.50. The number of carbonyl (C=O) groups excluding carboxylic acids is 2. The minimum atomic E-state index is -1.32. The summed E-state index contributed by atoms with van der Waals surface area (Å²) in [6, 6.07) is 9.81. The normalized spacial score (nSPS) is 23.3. The standard InChI is InChI=1S/C17H20N2O4S/c1-19(2,11-6-4-3-5-7-11)10-13-14(17(22)23)18-15(21)12(8-9-20)16(18)24-13/h3-7,12,16,20H,8-10H2,1-2H3/t12-,16+/m0/s1. The van der Waals surface area contributed by atoms with E-state index in [1.165, 1.54) is 16.7 Å². The molecule has 0 radical (unpaired) electrons. The fourth-order valence-corrected chi connectivity index (χ4v) is 4.96. The maximum absolute atomic E-state index is 12.2. The molecule has 128 valence electrons. The van der Waals surface area contributed by atoms with Crippen molar-refractivity contribution in [1.29, 1.82) is 0 Å². The van der Waals surface area contributed by atoms with Crippen LogP contribution in [0.25, 0.3) is 0 Å². The highest BCUT2D eigenvalue weighted by Gasteiger charge is 2.54. The number of amides is 1. The number of hydrogen-bond donors (Lipinski definition) is 1. The third-order valence-electron chi connectivity index (χ3n) is 4.55. The minimum Gasteiger partial charge on any atom is -0.543 e. The monoisotopic (exact) mass is 348 g/mol. The molecule has 2 heterocycles. The van der Waals surface area contributed by atoms with Crippen molar-refractivity contribution < 1.29 is 19.8 Å². The van der Waals surface area contributed by atoms with E-state index >= 15 is 0 Å². The van der Waals surface area contributed by atoms with E-state index in [4.69, 9.17) is 5.11 Å². The number of para-hydroxylation sites is 1. The summed E-state index contributed by atoms with van der Waals surface area (Å²) in [5.41, 5.74) is 1.04. The second-order valence-corrected chi connectivity index (χ2v) is 7.78. The average molecular weight is 348 g/mol. The molecule has 1 N–H and O–H groups in total. The van der Waals surface area contributed by atoms with Gasteiger partial charge in [0.25, 0.3) is 0 Å². The van der Waals surface area contributed by atoms with Crippen molar-refractivity contribution >= 4 is 29.3 Å². The number of aliphatic hydroxyl groups excluding tert-OH is 1. The SMILES string of the molecule is C[N+](C)(CC1=C(C(=O)[O-])N2C(=O)[C@H](CCO)[C@H]2S1)c1ccccc1. The summed E-state index contributed by atoms with van der Waals surface area (Å²) >= 11 is 1.41. The van der Waals surface area contributed by atoms with Gasteiger partial charge >= 0.3 is 0 Å². The van der Waals surface area contributed by atoms with Gasteiger partial charge in [-0.1, -0.05) is 30.0 Å². The lowest BCUT2D eigenvalue weighted by molar-refractivity contribution is -0.301. The van der Waals surface area contributed by atoms with E-state index in [2.05, 4.69) is 0 Å². The Hall–Kier alpha value is -1.83. The summed E-state index contributed by atoms with van der Waals surface area (Å²) in [5, 5.41) is 20.5. The number of fused-ring (bicyclic) bond motifs is 1. The number of benzene rings is 1. The molecule has 3 rings (SSSR count). The Labute approximate surface area is 145 Å². The van der Waals surface area contributed by atoms with Crippen LogP contribution in [0.2, 0.25) is 0 Å². The number of quaternary nitrogens is 1. The molecule has 1 aromatic rings. The summed E-state index contributed by atoms with van der Waals surface area (Å²) in [6.07, 6.45) is 0.359. The number of nitrogens with zero attached hydrogens (tertiary/aromatic N) is 2. The number of β-lactam (4-membered cyclic amide) rings is 1. The van der Waals surface area contributed by atoms with Crippen LogP contribution in [-0.4, -0.2) is 54.5 Å². The molecule has 0 bridgehead atoms. The van der Waals surface area contributed by atoms with E-state index in [-0.39, 0.29) is 29.5 Å². The zero-order valence-electron chi connectivity index (χ0n) is 13.6. The summed E-state index contributed by atoms with van der Waals surface area (Å²) < 4.78 is 0.472. The molecule has 0 saturated carbocycles. The van der Waals surface area contributed by atoms with Gasteiger partial charge in [0, 0.05) is 6.61 Å². The first kappa shape index (κ1) is 17.0. The third-order valence-corrected chi connectivity index (χ3v) is 5.94. The second-order valence-electron chi connectivity index (χ2n) is 6.57. The number of thioether (sulfide) groups is 1. The largest absolute Gasteiger partial charge is 0.543 e. The molecule has 0 aliphatic carbocycles. The van der Waals surface area contributed by atoms with Crippen LogP contribution in [0.5, 0.6) is 0 Å². The number of aliphatic hydroxyl groups is 1. The van der Waals surface area contributed by atoms with Gasteiger partial charge in [-0.25, -0.2) is 0 Å². The van der Waals surface area contributed by atoms with Crippen LogP contribution in [0.15, 0.2) is 40.9 Å². The molecule has 0 spiro atoms. The molecular formula is C17H20N2O4S. The Balaban J connectivity index is 1.87. The summed E-state index contributed by atoms with van der Waals surface area (Å²) in [6.45, 7) is 0.382. The molecule has 1 amide bonds. The molecule has 2 aliphatic rings. The van der Waals surface area contributed by atoms with Crippen LogP contribution in [0.3, 0.4) is 0 Å². The number of hydrogen-bond acceptors (Lipinski definition) is 5. The van der Waals surface area contributed by atoms with Crippen LogP contribution in [-0.2, 0) is 9.59 Å². The van der Waals surface area contributed by atoms with Gasteiger partial charge in [-0.15, -0.1) is 0 Å². The summed E-state index contributed by atoms with van der Waals surface area (Å²) in [7, 11) is 4.00. The van der Waals surface area contributed by atoms with Gasteiger partial charge in [-0.2, -0.15) is 0 Å². The topological polar surface area (TPSA) is 80.7 Å². The van der Waals surface area contributed by atoms with Crippen molar-refractivity contribution in [2.24, 2.45) is 5.92 Å². The Kier molecular flexibility index (Phi) is 4.42. The number of carboxylic acid groups (broad SMARTS) is 1. The number of likely N-dealkylation sites (N-methyl/N-ethyl adjacent to an activating group) is 1. The lowest BCUT2D eigenvalue weighted by Crippen LogP contribution is -2.58. The molecular weight excluding hydrogens is 328 g/mol. The summed E-state index contributed by atoms with van der Waals surface area (Å²) in [4.78, 5) is 25.8. The van der Waals surface area contributed by atoms with Crippen LogP contribution in [0.4, 0.5) is 5.69 Å². The summed E-state index contributed by atoms with van der Waals surface area (Å²) in [5.74, 6) is -1.87. The van der Waals surface area contributed by atoms with E-state index in [0.717, 1.165) is 5.69 Å². The minimum absolute atomic E-state index is 0.00804. The molecule has 7 heteroatoms. The Bertz CT molecular complexity index is 702. The number of rotatable bonds is 6. The first-order chi connectivity index (χ1) is 11.4. The Morgan fingerprint density at radius 2 is 2.00 bits per heavy atom. The van der Waals surface area contributed by atoms with E-state index in [1.54, 1.807) is 0 Å². The van der Waals surface area contributed by atoms with E-state index < -0.39 is 5.97 Å². The molecule has 1 saturated heterocycles. The lowest BCUT2D eigenvalue weighted by Gasteiger charge is -2.43. The maximum atomic E-state index is 12.2. The van der Waals surface area contributed by atoms with Crippen molar-refractivity contribution in [2.75, 3.05) is 27.2 Å². The zero-order chi connectivity index (χ0) is 17.5. The van der Waals surface area contributed by atoms with Crippen LogP contribution in [0, 0.1) is 5.92 Å². The molecule has 1 aromatic carbocycles. The van der Waals surface area contributed by atoms with E-state index in [9.17, 15) is 14.7 Å². The number of carboxylic acids is 1. The van der Waals surface area contributed by atoms with Gasteiger partial charge in [0.15, 0.2) is 0 Å². The maximum Gasteiger partial charge on any atom is 0.234 e. The zero-order valence-corrected chi connectivity index (χ0v) is 14.5. The van der Waals surface area contributed by atoms with Crippen molar-refractivity contribution in [1.82, 2.24) is 9.38 Å². The number of aliphatic carboxylic acids is 1. The van der Waals surface area contributed by atoms with Gasteiger partial charge in [-0.05, 0) is 18.6 Å². The van der Waals surface area contributed by atoms with Gasteiger partial charge in [-0.3, -0.25) is 14.2 Å². The fraction of sp³-hybridized carbons (Fsp3) is 0.412. The quantitative estimate of drug-likeness (QED) is 0.584. The molecule has 0 unspecified atom stereocenters. The molecule has 0 aromatic heterocycles. The van der Waals surface area contributed by atoms with Gasteiger partial charge in [0.2, 0.25) is 5.91 Å². The van der Waals surface area contributed by atoms with E-state index in [0.29, 0.717) is 22.4 Å². The van der Waals surface area contributed by atoms with E-state index in [1.807, 2.05) is 44.4 Å². The fourth-order valence-electron chi connectivity index (χ4n) is 3.24. The highest BCUT2D eigenvalue weighted by atomic mass is 32.2. The number of carbonyl (C=O) groups is 2. The third kappa shape index (κ3) is 2.72. The highest BCUT2D eigenvalue weighted by molar-refractivity contribution is 8.04. The van der Waals surface area contributed by atoms with Crippen LogP contribution in [0.1, 0.15) is 6.42 Å². The molecule has 24 heavy (non-hydrogen) atoms. The van der Waals surface area contributed by atoms with Gasteiger partial charge < -0.3 is 15.0 Å². The van der Waals surface area contributed by atoms with Crippen LogP contribution < -0.4 is 9.59 Å². The van der Waals surface area contributed by atoms with Crippen molar-refractivity contribution in [3.8, 4) is 0 Å². The molecule has 1 fully saturated rings. The van der Waals surface area contributed by atoms with Crippen LogP contribution >= 0.6 is 11.8 Å². The smallest absolute Gasteiger partial charge is 0.234 e. The molecule has 6 nitrogen and oxygen atoms in total. The lowest BCUT2D eigenvalue weighted by atomic mass is 9.94. The molecule has 2 aliphatic heterocycles. The Morgan fingerprint density at radius 1 is 1.33 bits per heavy atom. The second kappa shape index (κ2) is 6.23. The first-order valence-corrected chi connectivity index (χ1v) is 8.68. The first-order valence-electron chi connectivity index (χ1n) is 7.80.